The third-order valence-corrected chi connectivity index (χ3v) is 4.91. The molecule has 1 fully saturated rings. The first kappa shape index (κ1) is 17.3. The summed E-state index contributed by atoms with van der Waals surface area (Å²) in [5.74, 6) is 0.372. The third-order valence-electron chi connectivity index (χ3n) is 4.91. The van der Waals surface area contributed by atoms with Crippen molar-refractivity contribution in [2.75, 3.05) is 7.11 Å². The molecule has 6 nitrogen and oxygen atoms in total. The van der Waals surface area contributed by atoms with Gasteiger partial charge < -0.3 is 9.47 Å². The highest BCUT2D eigenvalue weighted by Crippen LogP contribution is 2.28. The van der Waals surface area contributed by atoms with Gasteiger partial charge in [-0.05, 0) is 55.2 Å². The van der Waals surface area contributed by atoms with Crippen molar-refractivity contribution in [1.29, 1.82) is 0 Å². The maximum Gasteiger partial charge on any atom is 0.337 e. The van der Waals surface area contributed by atoms with Crippen LogP contribution in [0.25, 0.3) is 10.8 Å². The second kappa shape index (κ2) is 7.23. The predicted molar refractivity (Wildman–Crippen MR) is 101 cm³/mol. The first-order valence-corrected chi connectivity index (χ1v) is 8.99. The number of aromatic nitrogens is 2. The number of aromatic amines is 1. The normalized spacial score (nSPS) is 14.0. The highest BCUT2D eigenvalue weighted by Gasteiger charge is 2.19. The van der Waals surface area contributed by atoms with E-state index in [-0.39, 0.29) is 17.6 Å². The van der Waals surface area contributed by atoms with Gasteiger partial charge in [-0.2, -0.15) is 5.10 Å². The van der Waals surface area contributed by atoms with Crippen LogP contribution in [0, 0.1) is 0 Å². The molecule has 2 aromatic carbocycles. The van der Waals surface area contributed by atoms with Crippen molar-refractivity contribution < 1.29 is 14.3 Å². The number of ether oxygens (including phenoxy) is 2. The molecule has 0 radical (unpaired) electrons. The van der Waals surface area contributed by atoms with E-state index in [1.807, 2.05) is 18.2 Å². The zero-order valence-corrected chi connectivity index (χ0v) is 15.0. The van der Waals surface area contributed by atoms with E-state index < -0.39 is 0 Å². The molecule has 27 heavy (non-hydrogen) atoms. The minimum absolute atomic E-state index is 0.229. The zero-order valence-electron chi connectivity index (χ0n) is 15.0. The summed E-state index contributed by atoms with van der Waals surface area (Å²) >= 11 is 0. The molecule has 0 saturated heterocycles. The molecule has 1 saturated carbocycles. The highest BCUT2D eigenvalue weighted by atomic mass is 16.5. The molecular formula is C21H20N2O4. The number of carbonyl (C=O) groups is 1. The van der Waals surface area contributed by atoms with Crippen LogP contribution < -0.4 is 10.3 Å². The van der Waals surface area contributed by atoms with Crippen molar-refractivity contribution in [3.05, 3.63) is 69.6 Å². The van der Waals surface area contributed by atoms with Gasteiger partial charge in [-0.15, -0.1) is 0 Å². The lowest BCUT2D eigenvalue weighted by atomic mass is 9.96. The molecule has 1 heterocycles. The molecule has 4 rings (SSSR count). The molecule has 0 bridgehead atoms. The summed E-state index contributed by atoms with van der Waals surface area (Å²) in [5, 5.41) is 8.13. The predicted octanol–water partition coefficient (Wildman–Crippen LogP) is 3.23. The number of nitrogens with zero attached hydrogens (tertiary/aromatic N) is 1. The number of esters is 1. The molecule has 0 unspecified atom stereocenters. The molecule has 3 aromatic rings. The summed E-state index contributed by atoms with van der Waals surface area (Å²) in [6, 6.07) is 12.7. The van der Waals surface area contributed by atoms with Gasteiger partial charge in [-0.25, -0.2) is 9.89 Å². The number of nitrogens with one attached hydrogen (secondary N) is 1. The SMILES string of the molecule is COC(=O)c1cccc(Cc2n[nH]c(=O)c3ccc(OC4CCC4)cc23)c1. The molecule has 0 amide bonds. The van der Waals surface area contributed by atoms with Gasteiger partial charge in [0.15, 0.2) is 0 Å². The first-order chi connectivity index (χ1) is 13.1. The Bertz CT molecular complexity index is 1050. The average molecular weight is 364 g/mol. The van der Waals surface area contributed by atoms with E-state index in [0.29, 0.717) is 17.4 Å². The van der Waals surface area contributed by atoms with Crippen molar-refractivity contribution in [3.8, 4) is 5.75 Å². The molecule has 1 N–H and O–H groups in total. The van der Waals surface area contributed by atoms with Crippen LogP contribution in [0.1, 0.15) is 40.9 Å². The van der Waals surface area contributed by atoms with Crippen LogP contribution in [0.15, 0.2) is 47.3 Å². The summed E-state index contributed by atoms with van der Waals surface area (Å²) in [4.78, 5) is 23.9. The van der Waals surface area contributed by atoms with E-state index in [1.54, 1.807) is 24.3 Å². The molecule has 0 aliphatic heterocycles. The monoisotopic (exact) mass is 364 g/mol. The van der Waals surface area contributed by atoms with Crippen LogP contribution in [0.4, 0.5) is 0 Å². The smallest absolute Gasteiger partial charge is 0.337 e. The lowest BCUT2D eigenvalue weighted by Crippen LogP contribution is -2.24. The highest BCUT2D eigenvalue weighted by molar-refractivity contribution is 5.89. The number of methoxy groups -OCH3 is 1. The Hall–Kier alpha value is -3.15. The number of hydrogen-bond donors (Lipinski definition) is 1. The Balaban J connectivity index is 1.70. The summed E-state index contributed by atoms with van der Waals surface area (Å²) < 4.78 is 10.7. The number of fused-ring (bicyclic) bond motifs is 1. The summed E-state index contributed by atoms with van der Waals surface area (Å²) in [5.41, 5.74) is 1.89. The topological polar surface area (TPSA) is 81.3 Å². The van der Waals surface area contributed by atoms with Gasteiger partial charge in [0.05, 0.1) is 29.9 Å². The molecular weight excluding hydrogens is 344 g/mol. The van der Waals surface area contributed by atoms with Crippen molar-refractivity contribution in [2.45, 2.75) is 31.8 Å². The second-order valence-electron chi connectivity index (χ2n) is 6.75. The van der Waals surface area contributed by atoms with Gasteiger partial charge in [0.25, 0.3) is 5.56 Å². The summed E-state index contributed by atoms with van der Waals surface area (Å²) in [6.07, 6.45) is 4.07. The largest absolute Gasteiger partial charge is 0.490 e. The number of H-pyrrole nitrogens is 1. The van der Waals surface area contributed by atoms with Crippen molar-refractivity contribution >= 4 is 16.7 Å². The third kappa shape index (κ3) is 3.56. The second-order valence-corrected chi connectivity index (χ2v) is 6.75. The number of hydrogen-bond acceptors (Lipinski definition) is 5. The fourth-order valence-corrected chi connectivity index (χ4v) is 3.21. The quantitative estimate of drug-likeness (QED) is 0.703. The fourth-order valence-electron chi connectivity index (χ4n) is 3.21. The van der Waals surface area contributed by atoms with Gasteiger partial charge in [-0.3, -0.25) is 4.79 Å². The number of rotatable bonds is 5. The van der Waals surface area contributed by atoms with Gasteiger partial charge >= 0.3 is 5.97 Å². The standard InChI is InChI=1S/C21H20N2O4/c1-26-21(25)14-5-2-4-13(10-14)11-19-18-12-16(27-15-6-3-7-15)8-9-17(18)20(24)23-22-19/h2,4-5,8-10,12,15H,3,6-7,11H2,1H3,(H,23,24). The Morgan fingerprint density at radius 2 is 2.04 bits per heavy atom. The Morgan fingerprint density at radius 3 is 2.78 bits per heavy atom. The summed E-state index contributed by atoms with van der Waals surface area (Å²) in [7, 11) is 1.36. The molecule has 6 heteroatoms. The number of carbonyl (C=O) groups excluding carboxylic acids is 1. The molecule has 1 aliphatic rings. The van der Waals surface area contributed by atoms with Crippen molar-refractivity contribution in [2.24, 2.45) is 0 Å². The Kier molecular flexibility index (Phi) is 4.62. The minimum Gasteiger partial charge on any atom is -0.490 e. The average Bonchev–Trinajstić information content (AvgIpc) is 2.66. The first-order valence-electron chi connectivity index (χ1n) is 8.99. The van der Waals surface area contributed by atoms with Crippen molar-refractivity contribution in [1.82, 2.24) is 10.2 Å². The van der Waals surface area contributed by atoms with Crippen LogP contribution in [-0.2, 0) is 11.2 Å². The van der Waals surface area contributed by atoms with Crippen LogP contribution >= 0.6 is 0 Å². The number of benzene rings is 2. The maximum atomic E-state index is 12.1. The molecule has 0 spiro atoms. The van der Waals surface area contributed by atoms with E-state index >= 15 is 0 Å². The molecule has 1 aliphatic carbocycles. The van der Waals surface area contributed by atoms with Gasteiger partial charge in [-0.1, -0.05) is 12.1 Å². The van der Waals surface area contributed by atoms with E-state index in [2.05, 4.69) is 10.2 Å². The van der Waals surface area contributed by atoms with Crippen molar-refractivity contribution in [3.63, 3.8) is 0 Å². The van der Waals surface area contributed by atoms with Crippen LogP contribution in [0.2, 0.25) is 0 Å². The molecule has 1 aromatic heterocycles. The molecule has 138 valence electrons. The molecule has 0 atom stereocenters. The van der Waals surface area contributed by atoms with Crippen LogP contribution in [0.3, 0.4) is 0 Å². The summed E-state index contributed by atoms with van der Waals surface area (Å²) in [6.45, 7) is 0. The van der Waals surface area contributed by atoms with Gasteiger partial charge in [0.1, 0.15) is 5.75 Å². The van der Waals surface area contributed by atoms with E-state index in [0.717, 1.165) is 35.2 Å². The minimum atomic E-state index is -0.382. The van der Waals surface area contributed by atoms with Gasteiger partial charge in [0, 0.05) is 11.8 Å². The van der Waals surface area contributed by atoms with Gasteiger partial charge in [0.2, 0.25) is 0 Å². The lowest BCUT2D eigenvalue weighted by Gasteiger charge is -2.26. The van der Waals surface area contributed by atoms with Crippen LogP contribution in [0.5, 0.6) is 5.75 Å². The maximum absolute atomic E-state index is 12.1. The Morgan fingerprint density at radius 1 is 1.19 bits per heavy atom. The van der Waals surface area contributed by atoms with E-state index in [9.17, 15) is 9.59 Å². The zero-order chi connectivity index (χ0) is 18.8. The van der Waals surface area contributed by atoms with E-state index in [1.165, 1.54) is 13.5 Å². The Labute approximate surface area is 156 Å². The van der Waals surface area contributed by atoms with E-state index in [4.69, 9.17) is 9.47 Å². The van der Waals surface area contributed by atoms with Crippen LogP contribution in [-0.4, -0.2) is 29.4 Å². The lowest BCUT2D eigenvalue weighted by molar-refractivity contribution is 0.0600. The fraction of sp³-hybridized carbons (Fsp3) is 0.286.